The van der Waals surface area contributed by atoms with E-state index in [4.69, 9.17) is 4.74 Å². The van der Waals surface area contributed by atoms with Gasteiger partial charge in [0.2, 0.25) is 11.3 Å². The number of nitrogens with one attached hydrogen (secondary N) is 1. The zero-order valence-corrected chi connectivity index (χ0v) is 12.0. The van der Waals surface area contributed by atoms with Gasteiger partial charge in [0.05, 0.1) is 6.61 Å². The van der Waals surface area contributed by atoms with Gasteiger partial charge in [-0.05, 0) is 41.0 Å². The average molecular weight is 301 g/mol. The molecule has 114 valence electrons. The third-order valence-electron chi connectivity index (χ3n) is 2.98. The third-order valence-corrected chi connectivity index (χ3v) is 2.98. The number of benzene rings is 1. The second-order valence-corrected chi connectivity index (χ2v) is 4.66. The summed E-state index contributed by atoms with van der Waals surface area (Å²) in [6, 6.07) is 7.35. The SMILES string of the molecule is CCCCOc1ccc(Nc2nc3nonc3nc2O)cc1. The van der Waals surface area contributed by atoms with Crippen LogP contribution in [0.15, 0.2) is 28.9 Å². The van der Waals surface area contributed by atoms with Crippen LogP contribution in [0.3, 0.4) is 0 Å². The number of aromatic hydroxyl groups is 1. The molecule has 3 aromatic rings. The van der Waals surface area contributed by atoms with Gasteiger partial charge in [-0.25, -0.2) is 4.63 Å². The van der Waals surface area contributed by atoms with E-state index in [1.54, 1.807) is 0 Å². The third kappa shape index (κ3) is 3.05. The maximum atomic E-state index is 9.82. The summed E-state index contributed by atoms with van der Waals surface area (Å²) in [5.41, 5.74) is 1.12. The van der Waals surface area contributed by atoms with Gasteiger partial charge >= 0.3 is 0 Å². The minimum absolute atomic E-state index is 0.155. The largest absolute Gasteiger partial charge is 0.494 e. The molecule has 0 amide bonds. The van der Waals surface area contributed by atoms with Crippen LogP contribution in [0.25, 0.3) is 11.3 Å². The van der Waals surface area contributed by atoms with Crippen LogP contribution in [-0.4, -0.2) is 32.0 Å². The molecule has 8 heteroatoms. The van der Waals surface area contributed by atoms with Crippen LogP contribution in [0.4, 0.5) is 11.5 Å². The highest BCUT2D eigenvalue weighted by Crippen LogP contribution is 2.25. The van der Waals surface area contributed by atoms with Crippen LogP contribution < -0.4 is 10.1 Å². The number of rotatable bonds is 6. The Bertz CT molecular complexity index is 757. The zero-order valence-electron chi connectivity index (χ0n) is 12.0. The summed E-state index contributed by atoms with van der Waals surface area (Å²) in [7, 11) is 0. The number of hydrogen-bond donors (Lipinski definition) is 2. The van der Waals surface area contributed by atoms with Gasteiger partial charge in [0.25, 0.3) is 5.88 Å². The number of fused-ring (bicyclic) bond motifs is 1. The predicted octanol–water partition coefficient (Wildman–Crippen LogP) is 2.64. The molecule has 3 rings (SSSR count). The number of ether oxygens (including phenoxy) is 1. The van der Waals surface area contributed by atoms with Crippen molar-refractivity contribution < 1.29 is 14.5 Å². The molecule has 0 bridgehead atoms. The van der Waals surface area contributed by atoms with E-state index in [2.05, 4.69) is 37.2 Å². The van der Waals surface area contributed by atoms with Crippen molar-refractivity contribution in [2.75, 3.05) is 11.9 Å². The Kier molecular flexibility index (Phi) is 3.99. The topological polar surface area (TPSA) is 106 Å². The van der Waals surface area contributed by atoms with Crippen LogP contribution >= 0.6 is 0 Å². The molecule has 22 heavy (non-hydrogen) atoms. The van der Waals surface area contributed by atoms with Crippen molar-refractivity contribution in [1.29, 1.82) is 0 Å². The first kappa shape index (κ1) is 14.1. The molecule has 0 atom stereocenters. The van der Waals surface area contributed by atoms with Gasteiger partial charge in [-0.2, -0.15) is 9.97 Å². The van der Waals surface area contributed by atoms with E-state index in [9.17, 15) is 5.11 Å². The lowest BCUT2D eigenvalue weighted by atomic mass is 10.3. The number of aromatic nitrogens is 4. The van der Waals surface area contributed by atoms with E-state index in [0.29, 0.717) is 6.61 Å². The molecule has 0 spiro atoms. The Hall–Kier alpha value is -2.90. The summed E-state index contributed by atoms with van der Waals surface area (Å²) >= 11 is 0. The van der Waals surface area contributed by atoms with Crippen molar-refractivity contribution in [2.45, 2.75) is 19.8 Å². The van der Waals surface area contributed by atoms with Crippen LogP contribution in [0.2, 0.25) is 0 Å². The van der Waals surface area contributed by atoms with E-state index in [0.717, 1.165) is 24.3 Å². The molecule has 0 aliphatic carbocycles. The summed E-state index contributed by atoms with van der Waals surface area (Å²) in [5.74, 6) is 0.708. The summed E-state index contributed by atoms with van der Waals surface area (Å²) in [4.78, 5) is 7.93. The van der Waals surface area contributed by atoms with E-state index in [1.807, 2.05) is 24.3 Å². The summed E-state index contributed by atoms with van der Waals surface area (Å²) in [5, 5.41) is 19.9. The summed E-state index contributed by atoms with van der Waals surface area (Å²) < 4.78 is 10.1. The first-order chi connectivity index (χ1) is 10.8. The Morgan fingerprint density at radius 1 is 1.14 bits per heavy atom. The maximum Gasteiger partial charge on any atom is 0.257 e. The highest BCUT2D eigenvalue weighted by molar-refractivity contribution is 5.71. The Morgan fingerprint density at radius 3 is 2.59 bits per heavy atom. The van der Waals surface area contributed by atoms with Crippen LogP contribution in [-0.2, 0) is 0 Å². The van der Waals surface area contributed by atoms with Crippen LogP contribution in [0.1, 0.15) is 19.8 Å². The standard InChI is InChI=1S/C14H15N5O3/c1-2-3-8-21-10-6-4-9(5-7-10)15-13-14(20)17-12-11(16-13)18-22-19-12/h4-7H,2-3,8H2,1H3,(H,15,16,18)(H,17,19,20). The fourth-order valence-corrected chi connectivity index (χ4v) is 1.82. The minimum Gasteiger partial charge on any atom is -0.494 e. The van der Waals surface area contributed by atoms with E-state index >= 15 is 0 Å². The van der Waals surface area contributed by atoms with Gasteiger partial charge in [0, 0.05) is 5.69 Å². The molecule has 2 N–H and O–H groups in total. The molecule has 0 aliphatic heterocycles. The van der Waals surface area contributed by atoms with Gasteiger partial charge in [-0.3, -0.25) is 0 Å². The highest BCUT2D eigenvalue weighted by atomic mass is 16.6. The van der Waals surface area contributed by atoms with Crippen molar-refractivity contribution in [3.8, 4) is 11.6 Å². The zero-order chi connectivity index (χ0) is 15.4. The second-order valence-electron chi connectivity index (χ2n) is 4.66. The van der Waals surface area contributed by atoms with E-state index < -0.39 is 0 Å². The highest BCUT2D eigenvalue weighted by Gasteiger charge is 2.11. The monoisotopic (exact) mass is 301 g/mol. The van der Waals surface area contributed by atoms with E-state index in [1.165, 1.54) is 0 Å². The van der Waals surface area contributed by atoms with Crippen LogP contribution in [0, 0.1) is 0 Å². The lowest BCUT2D eigenvalue weighted by molar-refractivity contribution is 0.309. The lowest BCUT2D eigenvalue weighted by Crippen LogP contribution is -1.98. The summed E-state index contributed by atoms with van der Waals surface area (Å²) in [6.45, 7) is 2.82. The van der Waals surface area contributed by atoms with Gasteiger partial charge < -0.3 is 15.2 Å². The number of anilines is 2. The van der Waals surface area contributed by atoms with Gasteiger partial charge in [0.15, 0.2) is 5.82 Å². The first-order valence-corrected chi connectivity index (χ1v) is 6.95. The van der Waals surface area contributed by atoms with Crippen molar-refractivity contribution >= 4 is 22.8 Å². The molecule has 0 radical (unpaired) electrons. The fourth-order valence-electron chi connectivity index (χ4n) is 1.82. The number of unbranched alkanes of at least 4 members (excludes halogenated alkanes) is 1. The molecule has 8 nitrogen and oxygen atoms in total. The molecular formula is C14H15N5O3. The normalized spacial score (nSPS) is 10.8. The van der Waals surface area contributed by atoms with Crippen molar-refractivity contribution in [3.63, 3.8) is 0 Å². The van der Waals surface area contributed by atoms with Gasteiger partial charge in [-0.15, -0.1) is 0 Å². The number of nitrogens with zero attached hydrogens (tertiary/aromatic N) is 4. The molecule has 1 aromatic carbocycles. The molecule has 0 saturated heterocycles. The van der Waals surface area contributed by atoms with Gasteiger partial charge in [-0.1, -0.05) is 13.3 Å². The van der Waals surface area contributed by atoms with Crippen molar-refractivity contribution in [3.05, 3.63) is 24.3 Å². The Morgan fingerprint density at radius 2 is 1.86 bits per heavy atom. The molecular weight excluding hydrogens is 286 g/mol. The molecule has 0 aliphatic rings. The fraction of sp³-hybridized carbons (Fsp3) is 0.286. The quantitative estimate of drug-likeness (QED) is 0.669. The maximum absolute atomic E-state index is 9.82. The molecule has 2 aromatic heterocycles. The van der Waals surface area contributed by atoms with Crippen LogP contribution in [0.5, 0.6) is 11.6 Å². The van der Waals surface area contributed by atoms with E-state index in [-0.39, 0.29) is 23.0 Å². The van der Waals surface area contributed by atoms with Crippen molar-refractivity contribution in [1.82, 2.24) is 20.3 Å². The smallest absolute Gasteiger partial charge is 0.257 e. The minimum atomic E-state index is -0.272. The Labute approximate surface area is 126 Å². The molecule has 0 unspecified atom stereocenters. The second kappa shape index (κ2) is 6.25. The molecule has 0 saturated carbocycles. The number of hydrogen-bond acceptors (Lipinski definition) is 8. The lowest BCUT2D eigenvalue weighted by Gasteiger charge is -2.08. The van der Waals surface area contributed by atoms with Crippen molar-refractivity contribution in [2.24, 2.45) is 0 Å². The Balaban J connectivity index is 1.72. The summed E-state index contributed by atoms with van der Waals surface area (Å²) in [6.07, 6.45) is 2.12. The molecule has 0 fully saturated rings. The first-order valence-electron chi connectivity index (χ1n) is 6.95. The average Bonchev–Trinajstić information content (AvgIpc) is 2.97. The molecule has 2 heterocycles. The van der Waals surface area contributed by atoms with Gasteiger partial charge in [0.1, 0.15) is 5.75 Å². The predicted molar refractivity (Wildman–Crippen MR) is 79.2 cm³/mol.